The number of carbonyl (C=O) groups is 1. The number of aromatic hydroxyl groups is 2. The van der Waals surface area contributed by atoms with E-state index in [1.165, 1.54) is 26.0 Å². The molecule has 0 saturated carbocycles. The Labute approximate surface area is 221 Å². The Morgan fingerprint density at radius 2 is 0.947 bits per heavy atom. The van der Waals surface area contributed by atoms with E-state index in [1.54, 1.807) is 84.9 Å². The second-order valence-corrected chi connectivity index (χ2v) is 9.66. The van der Waals surface area contributed by atoms with Gasteiger partial charge in [-0.3, -0.25) is 4.79 Å². The Balaban J connectivity index is 1.38. The Hall–Kier alpha value is -4.33. The van der Waals surface area contributed by atoms with Crippen molar-refractivity contribution in [1.82, 2.24) is 0 Å². The standard InChI is InChI=1S/C31H30O7/c1-30(35,19-21-11-15-23(16-12-21)37-27-9-5-3-7-25(27)32)29(34)31(2,36)20-22-13-17-24(18-14-22)38-28-10-6-4-8-26(28)33/h3-18,32-33,35-36H,19-20H2,1-2H3. The highest BCUT2D eigenvalue weighted by atomic mass is 16.5. The van der Waals surface area contributed by atoms with Crippen molar-refractivity contribution in [2.24, 2.45) is 0 Å². The lowest BCUT2D eigenvalue weighted by molar-refractivity contribution is -0.153. The van der Waals surface area contributed by atoms with Gasteiger partial charge in [0.15, 0.2) is 28.8 Å². The summed E-state index contributed by atoms with van der Waals surface area (Å²) in [6, 6.07) is 26.8. The Morgan fingerprint density at radius 1 is 0.605 bits per heavy atom. The summed E-state index contributed by atoms with van der Waals surface area (Å²) in [7, 11) is 0. The number of hydrogen-bond donors (Lipinski definition) is 4. The Morgan fingerprint density at radius 3 is 1.29 bits per heavy atom. The molecule has 196 valence electrons. The molecule has 38 heavy (non-hydrogen) atoms. The van der Waals surface area contributed by atoms with Crippen LogP contribution < -0.4 is 9.47 Å². The fraction of sp³-hybridized carbons (Fsp3) is 0.194. The minimum absolute atomic E-state index is 0.00774. The highest BCUT2D eigenvalue weighted by Gasteiger charge is 2.42. The second kappa shape index (κ2) is 11.0. The fourth-order valence-electron chi connectivity index (χ4n) is 4.23. The lowest BCUT2D eigenvalue weighted by atomic mass is 9.80. The van der Waals surface area contributed by atoms with E-state index in [9.17, 15) is 25.2 Å². The van der Waals surface area contributed by atoms with Crippen molar-refractivity contribution in [3.05, 3.63) is 108 Å². The number of ketones is 1. The highest BCUT2D eigenvalue weighted by molar-refractivity contribution is 5.94. The van der Waals surface area contributed by atoms with Crippen LogP contribution in [0.5, 0.6) is 34.5 Å². The average Bonchev–Trinajstić information content (AvgIpc) is 2.88. The minimum Gasteiger partial charge on any atom is -0.504 e. The van der Waals surface area contributed by atoms with Crippen LogP contribution >= 0.6 is 0 Å². The summed E-state index contributed by atoms with van der Waals surface area (Å²) in [5.41, 5.74) is -2.29. The monoisotopic (exact) mass is 514 g/mol. The lowest BCUT2D eigenvalue weighted by Gasteiger charge is -2.31. The molecule has 2 atom stereocenters. The Bertz CT molecular complexity index is 1280. The molecule has 4 aromatic rings. The van der Waals surface area contributed by atoms with Crippen LogP contribution in [0, 0.1) is 0 Å². The van der Waals surface area contributed by atoms with E-state index in [0.717, 1.165) is 0 Å². The summed E-state index contributed by atoms with van der Waals surface area (Å²) in [6.45, 7) is 2.78. The summed E-state index contributed by atoms with van der Waals surface area (Å²) in [5, 5.41) is 41.8. The number of Topliss-reactive ketones (excluding diaryl/α,β-unsaturated/α-hetero) is 1. The fourth-order valence-corrected chi connectivity index (χ4v) is 4.23. The van der Waals surface area contributed by atoms with Gasteiger partial charge in [0, 0.05) is 12.8 Å². The molecular formula is C31H30O7. The molecule has 0 aliphatic carbocycles. The number of ether oxygens (including phenoxy) is 2. The highest BCUT2D eigenvalue weighted by Crippen LogP contribution is 2.32. The van der Waals surface area contributed by atoms with Crippen LogP contribution in [-0.2, 0) is 17.6 Å². The molecule has 7 nitrogen and oxygen atoms in total. The van der Waals surface area contributed by atoms with Crippen molar-refractivity contribution in [3.8, 4) is 34.5 Å². The molecule has 0 aliphatic rings. The van der Waals surface area contributed by atoms with Gasteiger partial charge in [0.2, 0.25) is 0 Å². The predicted octanol–water partition coefficient (Wildman–Crippen LogP) is 5.54. The van der Waals surface area contributed by atoms with Gasteiger partial charge in [-0.05, 0) is 73.5 Å². The quantitative estimate of drug-likeness (QED) is 0.220. The smallest absolute Gasteiger partial charge is 0.195 e. The van der Waals surface area contributed by atoms with Gasteiger partial charge in [-0.1, -0.05) is 48.5 Å². The number of para-hydroxylation sites is 4. The van der Waals surface area contributed by atoms with Crippen molar-refractivity contribution < 1.29 is 34.7 Å². The molecule has 2 unspecified atom stereocenters. The van der Waals surface area contributed by atoms with Crippen molar-refractivity contribution >= 4 is 5.78 Å². The zero-order valence-corrected chi connectivity index (χ0v) is 21.2. The third-order valence-electron chi connectivity index (χ3n) is 6.11. The number of carbonyl (C=O) groups excluding carboxylic acids is 1. The first-order chi connectivity index (χ1) is 18.0. The van der Waals surface area contributed by atoms with E-state index in [2.05, 4.69) is 0 Å². The number of benzene rings is 4. The average molecular weight is 515 g/mol. The normalized spacial score (nSPS) is 14.2. The lowest BCUT2D eigenvalue weighted by Crippen LogP contribution is -2.52. The van der Waals surface area contributed by atoms with Crippen LogP contribution in [0.1, 0.15) is 25.0 Å². The van der Waals surface area contributed by atoms with E-state index in [1.807, 2.05) is 0 Å². The van der Waals surface area contributed by atoms with Crippen LogP contribution in [0.3, 0.4) is 0 Å². The summed E-state index contributed by atoms with van der Waals surface area (Å²) < 4.78 is 11.3. The molecule has 0 fully saturated rings. The third-order valence-corrected chi connectivity index (χ3v) is 6.11. The maximum Gasteiger partial charge on any atom is 0.195 e. The predicted molar refractivity (Wildman–Crippen MR) is 143 cm³/mol. The molecule has 0 spiro atoms. The largest absolute Gasteiger partial charge is 0.504 e. The van der Waals surface area contributed by atoms with E-state index >= 15 is 0 Å². The third kappa shape index (κ3) is 6.51. The minimum atomic E-state index is -1.82. The number of phenols is 2. The first-order valence-electron chi connectivity index (χ1n) is 12.1. The van der Waals surface area contributed by atoms with E-state index in [-0.39, 0.29) is 24.3 Å². The van der Waals surface area contributed by atoms with E-state index in [4.69, 9.17) is 9.47 Å². The molecule has 0 bridgehead atoms. The van der Waals surface area contributed by atoms with Gasteiger partial charge in [0.05, 0.1) is 0 Å². The molecular weight excluding hydrogens is 484 g/mol. The van der Waals surface area contributed by atoms with Gasteiger partial charge in [0.1, 0.15) is 22.7 Å². The zero-order chi connectivity index (χ0) is 27.3. The summed E-state index contributed by atoms with van der Waals surface area (Å²) in [5.74, 6) is 0.947. The number of aliphatic hydroxyl groups is 2. The SMILES string of the molecule is CC(O)(Cc1ccc(Oc2ccccc2O)cc1)C(=O)C(C)(O)Cc1ccc(Oc2ccccc2O)cc1. The molecule has 0 heterocycles. The van der Waals surface area contributed by atoms with Gasteiger partial charge >= 0.3 is 0 Å². The maximum atomic E-state index is 13.2. The van der Waals surface area contributed by atoms with Crippen molar-refractivity contribution in [2.45, 2.75) is 37.9 Å². The van der Waals surface area contributed by atoms with E-state index < -0.39 is 17.0 Å². The molecule has 7 heteroatoms. The van der Waals surface area contributed by atoms with Crippen LogP contribution in [0.2, 0.25) is 0 Å². The molecule has 4 N–H and O–H groups in total. The molecule has 0 aliphatic heterocycles. The van der Waals surface area contributed by atoms with Crippen molar-refractivity contribution in [2.75, 3.05) is 0 Å². The topological polar surface area (TPSA) is 116 Å². The molecule has 0 amide bonds. The van der Waals surface area contributed by atoms with Crippen LogP contribution in [0.15, 0.2) is 97.1 Å². The zero-order valence-electron chi connectivity index (χ0n) is 21.2. The molecule has 4 aromatic carbocycles. The molecule has 0 radical (unpaired) electrons. The number of rotatable bonds is 10. The number of hydrogen-bond acceptors (Lipinski definition) is 7. The second-order valence-electron chi connectivity index (χ2n) is 9.66. The first-order valence-corrected chi connectivity index (χ1v) is 12.1. The van der Waals surface area contributed by atoms with Crippen LogP contribution in [0.4, 0.5) is 0 Å². The first kappa shape index (κ1) is 26.7. The molecule has 0 saturated heterocycles. The van der Waals surface area contributed by atoms with Gasteiger partial charge in [-0.2, -0.15) is 0 Å². The molecule has 4 rings (SSSR count). The van der Waals surface area contributed by atoms with Crippen molar-refractivity contribution in [1.29, 1.82) is 0 Å². The van der Waals surface area contributed by atoms with Crippen LogP contribution in [-0.4, -0.2) is 37.4 Å². The van der Waals surface area contributed by atoms with Gasteiger partial charge < -0.3 is 29.9 Å². The summed E-state index contributed by atoms with van der Waals surface area (Å²) >= 11 is 0. The van der Waals surface area contributed by atoms with Crippen LogP contribution in [0.25, 0.3) is 0 Å². The maximum absolute atomic E-state index is 13.2. The van der Waals surface area contributed by atoms with Crippen molar-refractivity contribution in [3.63, 3.8) is 0 Å². The Kier molecular flexibility index (Phi) is 7.71. The van der Waals surface area contributed by atoms with E-state index in [0.29, 0.717) is 34.1 Å². The van der Waals surface area contributed by atoms with Gasteiger partial charge in [0.25, 0.3) is 0 Å². The summed E-state index contributed by atoms with van der Waals surface area (Å²) in [4.78, 5) is 13.2. The van der Waals surface area contributed by atoms with Gasteiger partial charge in [-0.15, -0.1) is 0 Å². The van der Waals surface area contributed by atoms with Gasteiger partial charge in [-0.25, -0.2) is 0 Å². The molecule has 0 aromatic heterocycles. The number of phenolic OH excluding ortho intramolecular Hbond substituents is 2. The summed E-state index contributed by atoms with van der Waals surface area (Å²) in [6.07, 6.45) is -0.0155.